The van der Waals surface area contributed by atoms with Crippen molar-refractivity contribution in [3.05, 3.63) is 28.7 Å². The number of amides is 2. The lowest BCUT2D eigenvalue weighted by molar-refractivity contribution is 0.144. The average Bonchev–Trinajstić information content (AvgIpc) is 2.50. The van der Waals surface area contributed by atoms with E-state index in [1.807, 2.05) is 29.2 Å². The van der Waals surface area contributed by atoms with E-state index in [4.69, 9.17) is 0 Å². The number of carbonyl (C=O) groups excluding carboxylic acids is 1. The lowest BCUT2D eigenvalue weighted by Gasteiger charge is -2.34. The summed E-state index contributed by atoms with van der Waals surface area (Å²) in [6, 6.07) is 7.67. The van der Waals surface area contributed by atoms with Crippen molar-refractivity contribution in [3.63, 3.8) is 0 Å². The van der Waals surface area contributed by atoms with Crippen LogP contribution in [-0.4, -0.2) is 74.1 Å². The van der Waals surface area contributed by atoms with E-state index in [1.165, 1.54) is 6.42 Å². The second-order valence-electron chi connectivity index (χ2n) is 5.90. The Bertz CT molecular complexity index is 487. The summed E-state index contributed by atoms with van der Waals surface area (Å²) in [7, 11) is 4.20. The monoisotopic (exact) mass is 368 g/mol. The number of rotatable bonds is 5. The third-order valence-corrected chi connectivity index (χ3v) is 4.55. The number of carbonyl (C=O) groups is 1. The molecule has 2 rings (SSSR count). The van der Waals surface area contributed by atoms with Crippen LogP contribution in [0.3, 0.4) is 0 Å². The van der Waals surface area contributed by atoms with Gasteiger partial charge in [-0.1, -0.05) is 12.1 Å². The van der Waals surface area contributed by atoms with Crippen LogP contribution in [0.4, 0.5) is 10.5 Å². The van der Waals surface area contributed by atoms with Crippen LogP contribution in [0.1, 0.15) is 6.42 Å². The number of para-hydroxylation sites is 1. The minimum Gasteiger partial charge on any atom is -0.322 e. The minimum absolute atomic E-state index is 0.0140. The number of benzene rings is 1. The van der Waals surface area contributed by atoms with Gasteiger partial charge >= 0.3 is 6.03 Å². The number of hydrogen-bond acceptors (Lipinski definition) is 3. The van der Waals surface area contributed by atoms with E-state index in [1.54, 1.807) is 0 Å². The summed E-state index contributed by atoms with van der Waals surface area (Å²) in [6.45, 7) is 5.71. The molecule has 1 N–H and O–H groups in total. The fourth-order valence-electron chi connectivity index (χ4n) is 2.54. The fourth-order valence-corrected chi connectivity index (χ4v) is 2.93. The summed E-state index contributed by atoms with van der Waals surface area (Å²) in [5.41, 5.74) is 0.820. The molecular weight excluding hydrogens is 344 g/mol. The van der Waals surface area contributed by atoms with Gasteiger partial charge in [0.25, 0.3) is 0 Å². The Morgan fingerprint density at radius 1 is 1.23 bits per heavy atom. The average molecular weight is 369 g/mol. The summed E-state index contributed by atoms with van der Waals surface area (Å²) in [5, 5.41) is 2.97. The molecule has 1 heterocycles. The topological polar surface area (TPSA) is 38.8 Å². The maximum atomic E-state index is 12.3. The molecule has 0 atom stereocenters. The molecule has 1 aliphatic rings. The van der Waals surface area contributed by atoms with Gasteiger partial charge in [-0.25, -0.2) is 4.79 Å². The highest BCUT2D eigenvalue weighted by Crippen LogP contribution is 2.21. The Labute approximate surface area is 141 Å². The summed E-state index contributed by atoms with van der Waals surface area (Å²) in [5.74, 6) is 0. The van der Waals surface area contributed by atoms with E-state index < -0.39 is 0 Å². The number of anilines is 1. The van der Waals surface area contributed by atoms with Gasteiger partial charge in [0, 0.05) is 30.7 Å². The maximum Gasteiger partial charge on any atom is 0.321 e. The van der Waals surface area contributed by atoms with Crippen molar-refractivity contribution in [2.45, 2.75) is 6.42 Å². The van der Waals surface area contributed by atoms with Crippen molar-refractivity contribution in [2.75, 3.05) is 58.7 Å². The summed E-state index contributed by atoms with van der Waals surface area (Å²) in [6.07, 6.45) is 1.18. The lowest BCUT2D eigenvalue weighted by atomic mass is 10.3. The Morgan fingerprint density at radius 3 is 2.55 bits per heavy atom. The number of nitrogens with one attached hydrogen (secondary N) is 1. The maximum absolute atomic E-state index is 12.3. The van der Waals surface area contributed by atoms with Gasteiger partial charge in [0.1, 0.15) is 0 Å². The molecule has 0 aromatic heterocycles. The van der Waals surface area contributed by atoms with Crippen LogP contribution in [-0.2, 0) is 0 Å². The summed E-state index contributed by atoms with van der Waals surface area (Å²) in [4.78, 5) is 18.8. The summed E-state index contributed by atoms with van der Waals surface area (Å²) < 4.78 is 0.908. The van der Waals surface area contributed by atoms with Gasteiger partial charge < -0.3 is 15.1 Å². The zero-order chi connectivity index (χ0) is 15.9. The van der Waals surface area contributed by atoms with E-state index >= 15 is 0 Å². The quantitative estimate of drug-likeness (QED) is 0.867. The fraction of sp³-hybridized carbons (Fsp3) is 0.562. The highest BCUT2D eigenvalue weighted by Gasteiger charge is 2.21. The summed E-state index contributed by atoms with van der Waals surface area (Å²) >= 11 is 3.45. The van der Waals surface area contributed by atoms with Gasteiger partial charge in [-0.2, -0.15) is 0 Å². The molecule has 1 saturated heterocycles. The second kappa shape index (κ2) is 8.50. The Balaban J connectivity index is 1.74. The molecule has 22 heavy (non-hydrogen) atoms. The zero-order valence-corrected chi connectivity index (χ0v) is 15.0. The van der Waals surface area contributed by atoms with Crippen molar-refractivity contribution in [2.24, 2.45) is 0 Å². The van der Waals surface area contributed by atoms with Crippen LogP contribution in [0, 0.1) is 0 Å². The Hall–Kier alpha value is -1.11. The van der Waals surface area contributed by atoms with Gasteiger partial charge in [0.15, 0.2) is 0 Å². The number of urea groups is 1. The van der Waals surface area contributed by atoms with Crippen LogP contribution >= 0.6 is 15.9 Å². The predicted octanol–water partition coefficient (Wildman–Crippen LogP) is 2.55. The van der Waals surface area contributed by atoms with Gasteiger partial charge in [0.2, 0.25) is 0 Å². The molecule has 6 heteroatoms. The van der Waals surface area contributed by atoms with E-state index in [2.05, 4.69) is 45.1 Å². The molecule has 5 nitrogen and oxygen atoms in total. The van der Waals surface area contributed by atoms with Crippen molar-refractivity contribution in [3.8, 4) is 0 Å². The van der Waals surface area contributed by atoms with Crippen molar-refractivity contribution < 1.29 is 4.79 Å². The molecule has 122 valence electrons. The third kappa shape index (κ3) is 5.26. The van der Waals surface area contributed by atoms with E-state index in [0.717, 1.165) is 49.4 Å². The first-order valence-electron chi connectivity index (χ1n) is 7.74. The molecule has 1 aromatic carbocycles. The minimum atomic E-state index is -0.0140. The van der Waals surface area contributed by atoms with Gasteiger partial charge in [-0.15, -0.1) is 0 Å². The molecule has 0 bridgehead atoms. The largest absolute Gasteiger partial charge is 0.322 e. The highest BCUT2D eigenvalue weighted by atomic mass is 79.9. The van der Waals surface area contributed by atoms with Gasteiger partial charge in [-0.3, -0.25) is 4.90 Å². The molecule has 0 unspecified atom stereocenters. The molecular formula is C16H25BrN4O. The van der Waals surface area contributed by atoms with Crippen molar-refractivity contribution in [1.29, 1.82) is 0 Å². The molecule has 1 fully saturated rings. The molecule has 2 amide bonds. The SMILES string of the molecule is CN(C)CCCN1CCN(C(=O)Nc2ccccc2Br)CC1. The van der Waals surface area contributed by atoms with Crippen LogP contribution in [0.2, 0.25) is 0 Å². The molecule has 0 saturated carbocycles. The van der Waals surface area contributed by atoms with Crippen molar-refractivity contribution >= 4 is 27.6 Å². The zero-order valence-electron chi connectivity index (χ0n) is 13.4. The number of piperazine rings is 1. The molecule has 0 radical (unpaired) electrons. The molecule has 1 aromatic rings. The molecule has 1 aliphatic heterocycles. The smallest absolute Gasteiger partial charge is 0.321 e. The Morgan fingerprint density at radius 2 is 1.91 bits per heavy atom. The van der Waals surface area contributed by atoms with Crippen LogP contribution < -0.4 is 5.32 Å². The predicted molar refractivity (Wildman–Crippen MR) is 94.3 cm³/mol. The van der Waals surface area contributed by atoms with Crippen LogP contribution in [0.5, 0.6) is 0 Å². The van der Waals surface area contributed by atoms with Gasteiger partial charge in [-0.05, 0) is 61.7 Å². The van der Waals surface area contributed by atoms with Gasteiger partial charge in [0.05, 0.1) is 5.69 Å². The van der Waals surface area contributed by atoms with Crippen LogP contribution in [0.25, 0.3) is 0 Å². The molecule has 0 aliphatic carbocycles. The first-order chi connectivity index (χ1) is 10.6. The van der Waals surface area contributed by atoms with E-state index in [9.17, 15) is 4.79 Å². The highest BCUT2D eigenvalue weighted by molar-refractivity contribution is 9.10. The second-order valence-corrected chi connectivity index (χ2v) is 6.75. The lowest BCUT2D eigenvalue weighted by Crippen LogP contribution is -2.50. The standard InChI is InChI=1S/C16H25BrN4O/c1-19(2)8-5-9-20-10-12-21(13-11-20)16(22)18-15-7-4-3-6-14(15)17/h3-4,6-7H,5,8-13H2,1-2H3,(H,18,22). The normalized spacial score (nSPS) is 16.1. The number of halogens is 1. The van der Waals surface area contributed by atoms with E-state index in [0.29, 0.717) is 0 Å². The third-order valence-electron chi connectivity index (χ3n) is 3.85. The van der Waals surface area contributed by atoms with Crippen LogP contribution in [0.15, 0.2) is 28.7 Å². The number of nitrogens with zero attached hydrogens (tertiary/aromatic N) is 3. The van der Waals surface area contributed by atoms with E-state index in [-0.39, 0.29) is 6.03 Å². The van der Waals surface area contributed by atoms with Crippen molar-refractivity contribution in [1.82, 2.24) is 14.7 Å². The first kappa shape index (κ1) is 17.2. The molecule has 0 spiro atoms. The first-order valence-corrected chi connectivity index (χ1v) is 8.53. The Kier molecular flexibility index (Phi) is 6.67. The number of hydrogen-bond donors (Lipinski definition) is 1.